The Morgan fingerprint density at radius 1 is 1.30 bits per heavy atom. The summed E-state index contributed by atoms with van der Waals surface area (Å²) in [5, 5.41) is 12.6. The summed E-state index contributed by atoms with van der Waals surface area (Å²) < 4.78 is 0. The Labute approximate surface area is 139 Å². The van der Waals surface area contributed by atoms with Crippen LogP contribution in [0.5, 0.6) is 0 Å². The molecule has 1 fully saturated rings. The molecule has 0 radical (unpaired) electrons. The molecule has 1 saturated carbocycles. The smallest absolute Gasteiger partial charge is 0.220 e. The minimum absolute atomic E-state index is 0.141. The fraction of sp³-hybridized carbons (Fsp3) is 0.667. The first kappa shape index (κ1) is 17.7. The van der Waals surface area contributed by atoms with Gasteiger partial charge in [-0.15, -0.1) is 0 Å². The van der Waals surface area contributed by atoms with Crippen LogP contribution in [0.4, 0.5) is 5.82 Å². The van der Waals surface area contributed by atoms with Crippen molar-refractivity contribution in [1.82, 2.24) is 10.3 Å². The van der Waals surface area contributed by atoms with Gasteiger partial charge in [0.1, 0.15) is 5.82 Å². The van der Waals surface area contributed by atoms with Gasteiger partial charge in [-0.25, -0.2) is 4.98 Å². The summed E-state index contributed by atoms with van der Waals surface area (Å²) in [7, 11) is 2.03. The maximum Gasteiger partial charge on any atom is 0.220 e. The summed E-state index contributed by atoms with van der Waals surface area (Å²) in [4.78, 5) is 18.5. The number of carbonyl (C=O) groups is 1. The molecule has 1 aromatic rings. The van der Waals surface area contributed by atoms with Crippen molar-refractivity contribution in [2.24, 2.45) is 0 Å². The second-order valence-corrected chi connectivity index (χ2v) is 6.65. The van der Waals surface area contributed by atoms with E-state index in [2.05, 4.69) is 21.3 Å². The van der Waals surface area contributed by atoms with E-state index in [-0.39, 0.29) is 18.1 Å². The summed E-state index contributed by atoms with van der Waals surface area (Å²) in [5.41, 5.74) is 1.16. The molecular weight excluding hydrogens is 290 g/mol. The molecule has 0 aromatic carbocycles. The highest BCUT2D eigenvalue weighted by atomic mass is 16.3. The summed E-state index contributed by atoms with van der Waals surface area (Å²) in [5.74, 6) is 1.11. The third-order valence-electron chi connectivity index (χ3n) is 4.50. The molecule has 1 heterocycles. The fourth-order valence-corrected chi connectivity index (χ4v) is 2.95. The Morgan fingerprint density at radius 3 is 2.70 bits per heavy atom. The molecule has 1 aliphatic carbocycles. The first-order valence-electron chi connectivity index (χ1n) is 8.66. The van der Waals surface area contributed by atoms with Crippen LogP contribution < -0.4 is 10.2 Å². The lowest BCUT2D eigenvalue weighted by Crippen LogP contribution is -2.38. The van der Waals surface area contributed by atoms with Crippen LogP contribution in [-0.4, -0.2) is 41.7 Å². The van der Waals surface area contributed by atoms with E-state index in [9.17, 15) is 9.90 Å². The highest BCUT2D eigenvalue weighted by Crippen LogP contribution is 2.18. The van der Waals surface area contributed by atoms with Crippen molar-refractivity contribution in [3.8, 4) is 0 Å². The van der Waals surface area contributed by atoms with Crippen LogP contribution in [-0.2, 0) is 4.79 Å². The largest absolute Gasteiger partial charge is 0.393 e. The number of nitrogens with one attached hydrogen (secondary N) is 1. The number of aliphatic hydroxyl groups excluding tert-OH is 1. The van der Waals surface area contributed by atoms with Crippen molar-refractivity contribution in [2.75, 3.05) is 18.5 Å². The number of aryl methyl sites for hydroxylation is 1. The molecule has 1 aliphatic rings. The van der Waals surface area contributed by atoms with Gasteiger partial charge in [0, 0.05) is 32.3 Å². The number of pyridine rings is 1. The Bertz CT molecular complexity index is 482. The summed E-state index contributed by atoms with van der Waals surface area (Å²) >= 11 is 0. The number of nitrogens with zero attached hydrogens (tertiary/aromatic N) is 2. The van der Waals surface area contributed by atoms with Gasteiger partial charge in [0.05, 0.1) is 6.10 Å². The standard InChI is InChI=1S/C18H29N3O2/c1-14-6-11-17(19-13-14)21(2)12-4-3-5-18(23)20-15-7-9-16(22)10-8-15/h6,11,13,15-16,22H,3-5,7-10,12H2,1-2H3,(H,20,23). The quantitative estimate of drug-likeness (QED) is 0.758. The highest BCUT2D eigenvalue weighted by molar-refractivity contribution is 5.76. The van der Waals surface area contributed by atoms with E-state index in [0.717, 1.165) is 56.5 Å². The topological polar surface area (TPSA) is 65.5 Å². The molecule has 2 rings (SSSR count). The van der Waals surface area contributed by atoms with Gasteiger partial charge in [-0.2, -0.15) is 0 Å². The van der Waals surface area contributed by atoms with Gasteiger partial charge < -0.3 is 15.3 Å². The molecule has 0 atom stereocenters. The van der Waals surface area contributed by atoms with Gasteiger partial charge in [-0.1, -0.05) is 6.07 Å². The van der Waals surface area contributed by atoms with Crippen molar-refractivity contribution >= 4 is 11.7 Å². The number of aliphatic hydroxyl groups is 1. The van der Waals surface area contributed by atoms with Crippen LogP contribution in [0.15, 0.2) is 18.3 Å². The van der Waals surface area contributed by atoms with E-state index >= 15 is 0 Å². The lowest BCUT2D eigenvalue weighted by atomic mass is 9.93. The van der Waals surface area contributed by atoms with Gasteiger partial charge in [-0.3, -0.25) is 4.79 Å². The van der Waals surface area contributed by atoms with Crippen LogP contribution >= 0.6 is 0 Å². The summed E-state index contributed by atoms with van der Waals surface area (Å²) in [6.07, 6.45) is 7.55. The van der Waals surface area contributed by atoms with Gasteiger partial charge in [0.2, 0.25) is 5.91 Å². The molecule has 23 heavy (non-hydrogen) atoms. The average molecular weight is 319 g/mol. The molecule has 0 bridgehead atoms. The minimum atomic E-state index is -0.172. The molecular formula is C18H29N3O2. The SMILES string of the molecule is Cc1ccc(N(C)CCCCC(=O)NC2CCC(O)CC2)nc1. The Morgan fingerprint density at radius 2 is 2.04 bits per heavy atom. The molecule has 0 spiro atoms. The van der Waals surface area contributed by atoms with Crippen molar-refractivity contribution < 1.29 is 9.90 Å². The Hall–Kier alpha value is -1.62. The second-order valence-electron chi connectivity index (χ2n) is 6.65. The Balaban J connectivity index is 1.59. The number of carbonyl (C=O) groups excluding carboxylic acids is 1. The normalized spacial score (nSPS) is 21.0. The van der Waals surface area contributed by atoms with Crippen LogP contribution in [0.2, 0.25) is 0 Å². The Kier molecular flexibility index (Phi) is 6.84. The first-order valence-corrected chi connectivity index (χ1v) is 8.66. The number of hydrogen-bond acceptors (Lipinski definition) is 4. The predicted molar refractivity (Wildman–Crippen MR) is 92.5 cm³/mol. The number of aromatic nitrogens is 1. The van der Waals surface area contributed by atoms with E-state index in [4.69, 9.17) is 0 Å². The lowest BCUT2D eigenvalue weighted by Gasteiger charge is -2.26. The summed E-state index contributed by atoms with van der Waals surface area (Å²) in [6.45, 7) is 2.93. The van der Waals surface area contributed by atoms with Crippen molar-refractivity contribution in [2.45, 2.75) is 64.0 Å². The van der Waals surface area contributed by atoms with E-state index in [1.165, 1.54) is 0 Å². The van der Waals surface area contributed by atoms with Gasteiger partial charge in [0.15, 0.2) is 0 Å². The average Bonchev–Trinajstić information content (AvgIpc) is 2.54. The number of unbranched alkanes of at least 4 members (excludes halogenated alkanes) is 1. The number of anilines is 1. The van der Waals surface area contributed by atoms with Crippen molar-refractivity contribution in [3.63, 3.8) is 0 Å². The number of rotatable bonds is 7. The molecule has 1 amide bonds. The summed E-state index contributed by atoms with van der Waals surface area (Å²) in [6, 6.07) is 4.35. The predicted octanol–water partition coefficient (Wildman–Crippen LogP) is 2.42. The van der Waals surface area contributed by atoms with E-state index in [0.29, 0.717) is 6.42 Å². The monoisotopic (exact) mass is 319 g/mol. The minimum Gasteiger partial charge on any atom is -0.393 e. The maximum absolute atomic E-state index is 11.9. The second kappa shape index (κ2) is 8.87. The number of amides is 1. The van der Waals surface area contributed by atoms with Crippen LogP contribution in [0, 0.1) is 6.92 Å². The zero-order chi connectivity index (χ0) is 16.7. The molecule has 0 unspecified atom stereocenters. The van der Waals surface area contributed by atoms with Gasteiger partial charge >= 0.3 is 0 Å². The third-order valence-corrected chi connectivity index (χ3v) is 4.50. The van der Waals surface area contributed by atoms with E-state index in [1.807, 2.05) is 26.2 Å². The van der Waals surface area contributed by atoms with Crippen LogP contribution in [0.25, 0.3) is 0 Å². The van der Waals surface area contributed by atoms with E-state index < -0.39 is 0 Å². The lowest BCUT2D eigenvalue weighted by molar-refractivity contribution is -0.122. The van der Waals surface area contributed by atoms with Crippen molar-refractivity contribution in [1.29, 1.82) is 0 Å². The molecule has 0 aliphatic heterocycles. The van der Waals surface area contributed by atoms with Gasteiger partial charge in [-0.05, 0) is 57.1 Å². The molecule has 2 N–H and O–H groups in total. The third kappa shape index (κ3) is 6.18. The molecule has 5 heteroatoms. The van der Waals surface area contributed by atoms with Gasteiger partial charge in [0.25, 0.3) is 0 Å². The maximum atomic E-state index is 11.9. The van der Waals surface area contributed by atoms with E-state index in [1.54, 1.807) is 0 Å². The first-order chi connectivity index (χ1) is 11.0. The van der Waals surface area contributed by atoms with Crippen molar-refractivity contribution in [3.05, 3.63) is 23.9 Å². The highest BCUT2D eigenvalue weighted by Gasteiger charge is 2.20. The molecule has 1 aromatic heterocycles. The van der Waals surface area contributed by atoms with Crippen LogP contribution in [0.1, 0.15) is 50.5 Å². The fourth-order valence-electron chi connectivity index (χ4n) is 2.95. The molecule has 5 nitrogen and oxygen atoms in total. The van der Waals surface area contributed by atoms with Crippen LogP contribution in [0.3, 0.4) is 0 Å². The molecule has 0 saturated heterocycles. The zero-order valence-corrected chi connectivity index (χ0v) is 14.3. The molecule has 128 valence electrons. The zero-order valence-electron chi connectivity index (χ0n) is 14.3. The number of hydrogen-bond donors (Lipinski definition) is 2.